The lowest BCUT2D eigenvalue weighted by molar-refractivity contribution is -0.384. The fraction of sp³-hybridized carbons (Fsp3) is 0.417. The maximum absolute atomic E-state index is 11.1. The normalized spacial score (nSPS) is 19.2. The highest BCUT2D eigenvalue weighted by molar-refractivity contribution is 7.99. The molecule has 1 aliphatic heterocycles. The zero-order valence-corrected chi connectivity index (χ0v) is 11.2. The first kappa shape index (κ1) is 13.7. The predicted molar refractivity (Wildman–Crippen MR) is 74.2 cm³/mol. The molecule has 1 heterocycles. The van der Waals surface area contributed by atoms with Gasteiger partial charge in [0.1, 0.15) is 5.69 Å². The minimum atomic E-state index is -1.07. The number of hydrogen-bond acceptors (Lipinski definition) is 5. The fourth-order valence-corrected chi connectivity index (χ4v) is 3.14. The molecule has 0 aromatic heterocycles. The number of nitro benzene ring substituents is 1. The quantitative estimate of drug-likeness (QED) is 0.676. The maximum Gasteiger partial charge on any atom is 0.335 e. The molecule has 7 heteroatoms. The van der Waals surface area contributed by atoms with Crippen LogP contribution < -0.4 is 4.90 Å². The lowest BCUT2D eigenvalue weighted by Crippen LogP contribution is -2.40. The second-order valence-electron chi connectivity index (χ2n) is 4.38. The average molecular weight is 282 g/mol. The Bertz CT molecular complexity index is 520. The number of carboxylic acid groups (broad SMARTS) is 1. The van der Waals surface area contributed by atoms with Gasteiger partial charge in [0, 0.05) is 30.2 Å². The number of carbonyl (C=O) groups is 1. The molecule has 1 unspecified atom stereocenters. The van der Waals surface area contributed by atoms with Gasteiger partial charge in [0.25, 0.3) is 5.69 Å². The van der Waals surface area contributed by atoms with Crippen molar-refractivity contribution in [3.05, 3.63) is 33.9 Å². The minimum Gasteiger partial charge on any atom is -0.478 e. The molecule has 1 atom stereocenters. The number of thioether (sulfide) groups is 1. The topological polar surface area (TPSA) is 83.7 Å². The highest BCUT2D eigenvalue weighted by Gasteiger charge is 2.26. The van der Waals surface area contributed by atoms with E-state index in [4.69, 9.17) is 5.11 Å². The summed E-state index contributed by atoms with van der Waals surface area (Å²) >= 11 is 1.80. The second kappa shape index (κ2) is 5.48. The minimum absolute atomic E-state index is 0.0382. The van der Waals surface area contributed by atoms with Crippen LogP contribution in [0.3, 0.4) is 0 Å². The largest absolute Gasteiger partial charge is 0.478 e. The number of rotatable bonds is 3. The van der Waals surface area contributed by atoms with Gasteiger partial charge in [0.15, 0.2) is 0 Å². The van der Waals surface area contributed by atoms with Crippen molar-refractivity contribution in [2.45, 2.75) is 13.0 Å². The molecule has 102 valence electrons. The second-order valence-corrected chi connectivity index (χ2v) is 5.53. The maximum atomic E-state index is 11.1. The van der Waals surface area contributed by atoms with Crippen molar-refractivity contribution in [1.82, 2.24) is 0 Å². The molecule has 0 radical (unpaired) electrons. The standard InChI is InChI=1S/C12H14N2O4S/c1-8-7-19-5-4-13(8)11-6-9(12(15)16)2-3-10(11)14(17)18/h2-3,6,8H,4-5,7H2,1H3,(H,15,16). The number of nitrogens with zero attached hydrogens (tertiary/aromatic N) is 2. The molecule has 1 aromatic rings. The average Bonchev–Trinajstić information content (AvgIpc) is 2.38. The van der Waals surface area contributed by atoms with E-state index in [0.717, 1.165) is 11.5 Å². The van der Waals surface area contributed by atoms with Gasteiger partial charge < -0.3 is 10.0 Å². The van der Waals surface area contributed by atoms with Crippen LogP contribution in [0, 0.1) is 10.1 Å². The highest BCUT2D eigenvalue weighted by Crippen LogP contribution is 2.33. The number of hydrogen-bond donors (Lipinski definition) is 1. The van der Waals surface area contributed by atoms with Crippen molar-refractivity contribution in [3.8, 4) is 0 Å². The highest BCUT2D eigenvalue weighted by atomic mass is 32.2. The van der Waals surface area contributed by atoms with Crippen molar-refractivity contribution in [2.75, 3.05) is 23.0 Å². The van der Waals surface area contributed by atoms with Crippen LogP contribution >= 0.6 is 11.8 Å². The molecular formula is C12H14N2O4S. The Morgan fingerprint density at radius 1 is 1.58 bits per heavy atom. The summed E-state index contributed by atoms with van der Waals surface area (Å²) in [5.41, 5.74) is 0.437. The zero-order chi connectivity index (χ0) is 14.0. The molecule has 2 rings (SSSR count). The molecule has 1 fully saturated rings. The molecule has 0 bridgehead atoms. The summed E-state index contributed by atoms with van der Waals surface area (Å²) in [7, 11) is 0. The predicted octanol–water partition coefficient (Wildman–Crippen LogP) is 2.23. The van der Waals surface area contributed by atoms with Gasteiger partial charge in [-0.05, 0) is 19.1 Å². The first-order chi connectivity index (χ1) is 9.00. The Morgan fingerprint density at radius 3 is 2.89 bits per heavy atom. The van der Waals surface area contributed by atoms with Crippen LogP contribution in [0.1, 0.15) is 17.3 Å². The van der Waals surface area contributed by atoms with E-state index in [-0.39, 0.29) is 17.3 Å². The van der Waals surface area contributed by atoms with Crippen molar-refractivity contribution in [1.29, 1.82) is 0 Å². The number of benzene rings is 1. The third-order valence-electron chi connectivity index (χ3n) is 3.10. The summed E-state index contributed by atoms with van der Waals surface area (Å²) < 4.78 is 0. The Balaban J connectivity index is 2.47. The number of nitro groups is 1. The molecule has 0 saturated carbocycles. The third kappa shape index (κ3) is 2.81. The van der Waals surface area contributed by atoms with Crippen LogP contribution in [0.5, 0.6) is 0 Å². The summed E-state index contributed by atoms with van der Waals surface area (Å²) in [6, 6.07) is 4.09. The van der Waals surface area contributed by atoms with Gasteiger partial charge in [0.2, 0.25) is 0 Å². The molecule has 0 amide bonds. The smallest absolute Gasteiger partial charge is 0.335 e. The van der Waals surface area contributed by atoms with Crippen LogP contribution in [0.15, 0.2) is 18.2 Å². The van der Waals surface area contributed by atoms with Gasteiger partial charge in [-0.3, -0.25) is 10.1 Å². The van der Waals surface area contributed by atoms with Crippen molar-refractivity contribution in [3.63, 3.8) is 0 Å². The van der Waals surface area contributed by atoms with E-state index in [1.54, 1.807) is 11.8 Å². The van der Waals surface area contributed by atoms with E-state index in [9.17, 15) is 14.9 Å². The molecule has 19 heavy (non-hydrogen) atoms. The summed E-state index contributed by atoms with van der Waals surface area (Å²) in [5, 5.41) is 20.1. The molecule has 6 nitrogen and oxygen atoms in total. The van der Waals surface area contributed by atoms with Gasteiger partial charge in [-0.1, -0.05) is 0 Å². The van der Waals surface area contributed by atoms with Gasteiger partial charge in [0.05, 0.1) is 10.5 Å². The van der Waals surface area contributed by atoms with Gasteiger partial charge in [-0.25, -0.2) is 4.79 Å². The SMILES string of the molecule is CC1CSCCN1c1cc(C(=O)O)ccc1[N+](=O)[O-]. The molecular weight excluding hydrogens is 268 g/mol. The van der Waals surface area contributed by atoms with E-state index in [2.05, 4.69) is 0 Å². The summed E-state index contributed by atoms with van der Waals surface area (Å²) in [4.78, 5) is 23.5. The Labute approximate surface area is 114 Å². The molecule has 0 spiro atoms. The van der Waals surface area contributed by atoms with Crippen molar-refractivity contribution in [2.24, 2.45) is 0 Å². The molecule has 1 aliphatic rings. The van der Waals surface area contributed by atoms with Crippen molar-refractivity contribution >= 4 is 29.1 Å². The fourth-order valence-electron chi connectivity index (χ4n) is 2.13. The van der Waals surface area contributed by atoms with Crippen molar-refractivity contribution < 1.29 is 14.8 Å². The lowest BCUT2D eigenvalue weighted by atomic mass is 10.1. The van der Waals surface area contributed by atoms with Gasteiger partial charge >= 0.3 is 5.97 Å². The summed E-state index contributed by atoms with van der Waals surface area (Å²) in [6.45, 7) is 2.68. The Kier molecular flexibility index (Phi) is 3.94. The first-order valence-corrected chi connectivity index (χ1v) is 7.02. The number of aromatic carboxylic acids is 1. The van der Waals surface area contributed by atoms with E-state index >= 15 is 0 Å². The van der Waals surface area contributed by atoms with Crippen LogP contribution in [-0.4, -0.2) is 40.1 Å². The summed E-state index contributed by atoms with van der Waals surface area (Å²) in [5.74, 6) is 0.697. The van der Waals surface area contributed by atoms with E-state index < -0.39 is 10.9 Å². The van der Waals surface area contributed by atoms with Crippen LogP contribution in [-0.2, 0) is 0 Å². The van der Waals surface area contributed by atoms with E-state index in [0.29, 0.717) is 12.2 Å². The van der Waals surface area contributed by atoms with Gasteiger partial charge in [-0.2, -0.15) is 11.8 Å². The molecule has 0 aliphatic carbocycles. The molecule has 1 aromatic carbocycles. The third-order valence-corrected chi connectivity index (χ3v) is 4.29. The molecule has 1 saturated heterocycles. The Hall–Kier alpha value is -1.76. The van der Waals surface area contributed by atoms with Crippen LogP contribution in [0.25, 0.3) is 0 Å². The van der Waals surface area contributed by atoms with Crippen LogP contribution in [0.4, 0.5) is 11.4 Å². The lowest BCUT2D eigenvalue weighted by Gasteiger charge is -2.34. The van der Waals surface area contributed by atoms with E-state index in [1.165, 1.54) is 18.2 Å². The number of carboxylic acids is 1. The van der Waals surface area contributed by atoms with Crippen LogP contribution in [0.2, 0.25) is 0 Å². The monoisotopic (exact) mass is 282 g/mol. The molecule has 1 N–H and O–H groups in total. The number of anilines is 1. The van der Waals surface area contributed by atoms with E-state index in [1.807, 2.05) is 11.8 Å². The summed E-state index contributed by atoms with van der Waals surface area (Å²) in [6.07, 6.45) is 0. The van der Waals surface area contributed by atoms with Gasteiger partial charge in [-0.15, -0.1) is 0 Å². The first-order valence-electron chi connectivity index (χ1n) is 5.87. The zero-order valence-electron chi connectivity index (χ0n) is 10.4. The Morgan fingerprint density at radius 2 is 2.32 bits per heavy atom.